The lowest BCUT2D eigenvalue weighted by atomic mass is 10.0. The van der Waals surface area contributed by atoms with E-state index in [2.05, 4.69) is 20.8 Å². The Hall–Kier alpha value is -1.79. The van der Waals surface area contributed by atoms with E-state index in [1.54, 1.807) is 0 Å². The smallest absolute Gasteiger partial charge is 0.220 e. The van der Waals surface area contributed by atoms with Gasteiger partial charge in [-0.05, 0) is 31.8 Å². The number of rotatable bonds is 6. The van der Waals surface area contributed by atoms with Gasteiger partial charge in [-0.25, -0.2) is 0 Å². The van der Waals surface area contributed by atoms with Crippen LogP contribution in [0.25, 0.3) is 10.6 Å². The molecule has 22 heavy (non-hydrogen) atoms. The van der Waals surface area contributed by atoms with Crippen molar-refractivity contribution in [2.75, 3.05) is 13.1 Å². The summed E-state index contributed by atoms with van der Waals surface area (Å²) in [6.45, 7) is 2.59. The molecule has 0 spiro atoms. The first-order chi connectivity index (χ1) is 10.8. The Balaban J connectivity index is 1.45. The van der Waals surface area contributed by atoms with Crippen molar-refractivity contribution in [1.82, 2.24) is 20.8 Å². The quantitative estimate of drug-likeness (QED) is 0.857. The van der Waals surface area contributed by atoms with E-state index in [1.807, 2.05) is 30.3 Å². The van der Waals surface area contributed by atoms with Crippen molar-refractivity contribution in [3.63, 3.8) is 0 Å². The van der Waals surface area contributed by atoms with Crippen molar-refractivity contribution in [2.24, 2.45) is 5.92 Å². The zero-order valence-corrected chi connectivity index (χ0v) is 13.2. The summed E-state index contributed by atoms with van der Waals surface area (Å²) in [5.74, 6) is 0.750. The molecule has 2 aromatic rings. The zero-order valence-electron chi connectivity index (χ0n) is 12.4. The monoisotopic (exact) mass is 316 g/mol. The second-order valence-electron chi connectivity index (χ2n) is 5.54. The molecule has 1 aliphatic heterocycles. The van der Waals surface area contributed by atoms with Gasteiger partial charge in [-0.1, -0.05) is 41.7 Å². The molecule has 1 amide bonds. The molecule has 6 heteroatoms. The fraction of sp³-hybridized carbons (Fsp3) is 0.438. The highest BCUT2D eigenvalue weighted by molar-refractivity contribution is 7.14. The predicted molar refractivity (Wildman–Crippen MR) is 87.4 cm³/mol. The number of amides is 1. The molecule has 1 saturated heterocycles. The van der Waals surface area contributed by atoms with Crippen LogP contribution < -0.4 is 10.6 Å². The molecule has 2 N–H and O–H groups in total. The van der Waals surface area contributed by atoms with Gasteiger partial charge in [0.25, 0.3) is 0 Å². The summed E-state index contributed by atoms with van der Waals surface area (Å²) in [7, 11) is 0. The molecule has 1 aliphatic rings. The lowest BCUT2D eigenvalue weighted by Crippen LogP contribution is -2.23. The third-order valence-electron chi connectivity index (χ3n) is 3.87. The van der Waals surface area contributed by atoms with E-state index in [-0.39, 0.29) is 5.91 Å². The summed E-state index contributed by atoms with van der Waals surface area (Å²) in [5, 5.41) is 16.3. The number of carbonyl (C=O) groups is 1. The zero-order chi connectivity index (χ0) is 15.2. The molecule has 3 rings (SSSR count). The molecule has 5 nitrogen and oxygen atoms in total. The average molecular weight is 316 g/mol. The van der Waals surface area contributed by atoms with Crippen LogP contribution in [0.5, 0.6) is 0 Å². The molecule has 1 atom stereocenters. The first-order valence-corrected chi connectivity index (χ1v) is 8.48. The maximum Gasteiger partial charge on any atom is 0.220 e. The van der Waals surface area contributed by atoms with Gasteiger partial charge in [0, 0.05) is 12.0 Å². The standard InChI is InChI=1S/C16H20N4OS/c21-14(7-6-12-8-9-17-10-12)18-11-15-19-20-16(22-15)13-4-2-1-3-5-13/h1-5,12,17H,6-11H2,(H,18,21). The number of hydrogen-bond acceptors (Lipinski definition) is 5. The average Bonchev–Trinajstić information content (AvgIpc) is 3.23. The Morgan fingerprint density at radius 2 is 2.18 bits per heavy atom. The molecular formula is C16H20N4OS. The highest BCUT2D eigenvalue weighted by Gasteiger charge is 2.15. The molecule has 0 bridgehead atoms. The largest absolute Gasteiger partial charge is 0.350 e. The normalized spacial score (nSPS) is 17.5. The molecular weight excluding hydrogens is 296 g/mol. The Labute approximate surface area is 134 Å². The maximum absolute atomic E-state index is 11.9. The minimum atomic E-state index is 0.100. The number of carbonyl (C=O) groups excluding carboxylic acids is 1. The van der Waals surface area contributed by atoms with Crippen molar-refractivity contribution in [2.45, 2.75) is 25.8 Å². The van der Waals surface area contributed by atoms with E-state index in [1.165, 1.54) is 17.8 Å². The second kappa shape index (κ2) is 7.47. The SMILES string of the molecule is O=C(CCC1CCNC1)NCc1nnc(-c2ccccc2)s1. The topological polar surface area (TPSA) is 66.9 Å². The number of benzene rings is 1. The molecule has 2 heterocycles. The van der Waals surface area contributed by atoms with Crippen LogP contribution >= 0.6 is 11.3 Å². The summed E-state index contributed by atoms with van der Waals surface area (Å²) in [5.41, 5.74) is 1.06. The van der Waals surface area contributed by atoms with E-state index >= 15 is 0 Å². The third kappa shape index (κ3) is 4.11. The van der Waals surface area contributed by atoms with Crippen molar-refractivity contribution in [1.29, 1.82) is 0 Å². The van der Waals surface area contributed by atoms with Crippen molar-refractivity contribution in [3.8, 4) is 10.6 Å². The van der Waals surface area contributed by atoms with Gasteiger partial charge in [-0.3, -0.25) is 4.79 Å². The number of aromatic nitrogens is 2. The Morgan fingerprint density at radius 1 is 1.32 bits per heavy atom. The van der Waals surface area contributed by atoms with Crippen LogP contribution in [-0.2, 0) is 11.3 Å². The molecule has 0 radical (unpaired) electrons. The van der Waals surface area contributed by atoms with Gasteiger partial charge in [0.15, 0.2) is 0 Å². The van der Waals surface area contributed by atoms with Crippen LogP contribution in [-0.4, -0.2) is 29.2 Å². The van der Waals surface area contributed by atoms with Crippen LogP contribution in [0.15, 0.2) is 30.3 Å². The summed E-state index contributed by atoms with van der Waals surface area (Å²) < 4.78 is 0. The Morgan fingerprint density at radius 3 is 2.95 bits per heavy atom. The number of hydrogen-bond donors (Lipinski definition) is 2. The molecule has 116 valence electrons. The summed E-state index contributed by atoms with van der Waals surface area (Å²) >= 11 is 1.52. The van der Waals surface area contributed by atoms with Crippen LogP contribution in [0, 0.1) is 5.92 Å². The van der Waals surface area contributed by atoms with Gasteiger partial charge in [0.05, 0.1) is 6.54 Å². The summed E-state index contributed by atoms with van der Waals surface area (Å²) in [6, 6.07) is 9.97. The summed E-state index contributed by atoms with van der Waals surface area (Å²) in [6.07, 6.45) is 2.74. The minimum absolute atomic E-state index is 0.100. The van der Waals surface area contributed by atoms with Gasteiger partial charge in [0.2, 0.25) is 5.91 Å². The first-order valence-electron chi connectivity index (χ1n) is 7.66. The van der Waals surface area contributed by atoms with E-state index in [4.69, 9.17) is 0 Å². The van der Waals surface area contributed by atoms with Crippen LogP contribution in [0.2, 0.25) is 0 Å². The Bertz CT molecular complexity index is 608. The van der Waals surface area contributed by atoms with Crippen molar-refractivity contribution in [3.05, 3.63) is 35.3 Å². The first kappa shape index (κ1) is 15.1. The molecule has 1 unspecified atom stereocenters. The second-order valence-corrected chi connectivity index (χ2v) is 6.60. The van der Waals surface area contributed by atoms with E-state index in [9.17, 15) is 4.79 Å². The molecule has 0 aliphatic carbocycles. The van der Waals surface area contributed by atoms with Crippen molar-refractivity contribution >= 4 is 17.2 Å². The Kier molecular flexibility index (Phi) is 5.13. The number of nitrogens with zero attached hydrogens (tertiary/aromatic N) is 2. The van der Waals surface area contributed by atoms with E-state index in [0.717, 1.165) is 35.1 Å². The fourth-order valence-corrected chi connectivity index (χ4v) is 3.37. The molecule has 1 aromatic carbocycles. The van der Waals surface area contributed by atoms with Crippen molar-refractivity contribution < 1.29 is 4.79 Å². The predicted octanol–water partition coefficient (Wildman–Crippen LogP) is 2.21. The third-order valence-corrected chi connectivity index (χ3v) is 4.84. The van der Waals surface area contributed by atoms with Gasteiger partial charge in [-0.2, -0.15) is 0 Å². The highest BCUT2D eigenvalue weighted by Crippen LogP contribution is 2.22. The van der Waals surface area contributed by atoms with Gasteiger partial charge < -0.3 is 10.6 Å². The van der Waals surface area contributed by atoms with E-state index < -0.39 is 0 Å². The lowest BCUT2D eigenvalue weighted by Gasteiger charge is -2.07. The molecule has 1 aromatic heterocycles. The van der Waals surface area contributed by atoms with Crippen LogP contribution in [0.4, 0.5) is 0 Å². The van der Waals surface area contributed by atoms with Gasteiger partial charge in [0.1, 0.15) is 10.0 Å². The highest BCUT2D eigenvalue weighted by atomic mass is 32.1. The van der Waals surface area contributed by atoms with Crippen LogP contribution in [0.3, 0.4) is 0 Å². The van der Waals surface area contributed by atoms with E-state index in [0.29, 0.717) is 18.9 Å². The number of nitrogens with one attached hydrogen (secondary N) is 2. The van der Waals surface area contributed by atoms with Gasteiger partial charge in [-0.15, -0.1) is 10.2 Å². The molecule has 1 fully saturated rings. The summed E-state index contributed by atoms with van der Waals surface area (Å²) in [4.78, 5) is 11.9. The van der Waals surface area contributed by atoms with Crippen LogP contribution in [0.1, 0.15) is 24.3 Å². The maximum atomic E-state index is 11.9. The minimum Gasteiger partial charge on any atom is -0.350 e. The lowest BCUT2D eigenvalue weighted by molar-refractivity contribution is -0.121. The fourth-order valence-electron chi connectivity index (χ4n) is 2.58. The van der Waals surface area contributed by atoms with Gasteiger partial charge >= 0.3 is 0 Å². The molecule has 0 saturated carbocycles.